The van der Waals surface area contributed by atoms with Crippen molar-refractivity contribution in [2.75, 3.05) is 31.8 Å². The maximum Gasteiger partial charge on any atom is 0.330 e. The summed E-state index contributed by atoms with van der Waals surface area (Å²) in [7, 11) is 5.34. The molecule has 0 radical (unpaired) electrons. The van der Waals surface area contributed by atoms with Crippen LogP contribution in [0.3, 0.4) is 0 Å². The Hall–Kier alpha value is -4.23. The Balaban J connectivity index is 1.80. The second kappa shape index (κ2) is 10.4. The van der Waals surface area contributed by atoms with E-state index < -0.39 is 11.8 Å². The molecule has 3 aromatic carbocycles. The minimum atomic E-state index is -0.462. The highest BCUT2D eigenvalue weighted by Gasteiger charge is 2.29. The first-order chi connectivity index (χ1) is 16.8. The van der Waals surface area contributed by atoms with Gasteiger partial charge < -0.3 is 20.3 Å². The van der Waals surface area contributed by atoms with Crippen LogP contribution in [0.2, 0.25) is 0 Å². The third-order valence-electron chi connectivity index (χ3n) is 5.49. The van der Waals surface area contributed by atoms with Gasteiger partial charge >= 0.3 is 5.97 Å². The number of halogens is 1. The van der Waals surface area contributed by atoms with E-state index in [4.69, 9.17) is 0 Å². The maximum absolute atomic E-state index is 13.8. The first kappa shape index (κ1) is 23.9. The summed E-state index contributed by atoms with van der Waals surface area (Å²) >= 11 is 0. The van der Waals surface area contributed by atoms with Gasteiger partial charge in [-0.2, -0.15) is 0 Å². The molecule has 0 saturated heterocycles. The number of anilines is 2. The maximum atomic E-state index is 13.8. The van der Waals surface area contributed by atoms with Crippen molar-refractivity contribution < 1.29 is 18.7 Å². The number of amides is 1. The average Bonchev–Trinajstić information content (AvgIpc) is 3.16. The molecule has 1 aliphatic heterocycles. The molecule has 0 unspecified atom stereocenters. The average molecular weight is 472 g/mol. The van der Waals surface area contributed by atoms with E-state index in [1.807, 2.05) is 62.6 Å². The van der Waals surface area contributed by atoms with Gasteiger partial charge in [0.15, 0.2) is 0 Å². The summed E-state index contributed by atoms with van der Waals surface area (Å²) in [4.78, 5) is 26.7. The predicted molar refractivity (Wildman–Crippen MR) is 137 cm³/mol. The molecular formula is C28H26FN3O3. The molecule has 1 heterocycles. The number of benzene rings is 3. The number of hydrogen-bond acceptors (Lipinski definition) is 5. The van der Waals surface area contributed by atoms with Crippen molar-refractivity contribution in [3.63, 3.8) is 0 Å². The van der Waals surface area contributed by atoms with Crippen molar-refractivity contribution in [3.8, 4) is 0 Å². The lowest BCUT2D eigenvalue weighted by molar-refractivity contribution is -0.134. The molecule has 0 aliphatic carbocycles. The van der Waals surface area contributed by atoms with Crippen molar-refractivity contribution in [1.82, 2.24) is 4.90 Å². The topological polar surface area (TPSA) is 70.7 Å². The molecule has 0 fully saturated rings. The molecular weight excluding hydrogens is 445 g/mol. The minimum Gasteiger partial charge on any atom is -0.466 e. The lowest BCUT2D eigenvalue weighted by Crippen LogP contribution is -2.11. The van der Waals surface area contributed by atoms with Gasteiger partial charge in [0.2, 0.25) is 0 Å². The highest BCUT2D eigenvalue weighted by Crippen LogP contribution is 2.38. The summed E-state index contributed by atoms with van der Waals surface area (Å²) in [6.45, 7) is 0.810. The second-order valence-corrected chi connectivity index (χ2v) is 8.44. The number of nitrogens with zero attached hydrogens (tertiary/aromatic N) is 1. The van der Waals surface area contributed by atoms with E-state index >= 15 is 0 Å². The normalized spacial score (nSPS) is 14.1. The molecule has 1 amide bonds. The van der Waals surface area contributed by atoms with E-state index in [2.05, 4.69) is 20.3 Å². The van der Waals surface area contributed by atoms with Crippen molar-refractivity contribution in [2.24, 2.45) is 0 Å². The van der Waals surface area contributed by atoms with Gasteiger partial charge in [-0.05, 0) is 73.3 Å². The van der Waals surface area contributed by atoms with Crippen LogP contribution in [0, 0.1) is 5.82 Å². The van der Waals surface area contributed by atoms with Crippen molar-refractivity contribution in [1.29, 1.82) is 0 Å². The summed E-state index contributed by atoms with van der Waals surface area (Å²) in [6.07, 6.45) is 2.98. The zero-order valence-corrected chi connectivity index (χ0v) is 19.8. The Labute approximate surface area is 203 Å². The van der Waals surface area contributed by atoms with Gasteiger partial charge in [0.25, 0.3) is 5.91 Å². The van der Waals surface area contributed by atoms with Crippen LogP contribution in [-0.2, 0) is 20.9 Å². The smallest absolute Gasteiger partial charge is 0.330 e. The number of esters is 1. The van der Waals surface area contributed by atoms with Gasteiger partial charge in [0.05, 0.1) is 24.1 Å². The van der Waals surface area contributed by atoms with E-state index in [0.29, 0.717) is 22.5 Å². The monoisotopic (exact) mass is 471 g/mol. The van der Waals surface area contributed by atoms with Crippen LogP contribution in [0.25, 0.3) is 17.3 Å². The van der Waals surface area contributed by atoms with Gasteiger partial charge in [0.1, 0.15) is 5.82 Å². The van der Waals surface area contributed by atoms with Gasteiger partial charge in [-0.1, -0.05) is 30.3 Å². The van der Waals surface area contributed by atoms with Crippen LogP contribution in [0.4, 0.5) is 15.8 Å². The van der Waals surface area contributed by atoms with Crippen molar-refractivity contribution in [2.45, 2.75) is 6.54 Å². The Kier molecular flexibility index (Phi) is 7.08. The van der Waals surface area contributed by atoms with E-state index in [1.54, 1.807) is 12.1 Å². The zero-order valence-electron chi connectivity index (χ0n) is 19.8. The van der Waals surface area contributed by atoms with E-state index in [-0.39, 0.29) is 5.91 Å². The lowest BCUT2D eigenvalue weighted by Gasteiger charge is -2.16. The standard InChI is InChI=1S/C28H26FN3O3/c1-32(2)17-19-7-11-22(12-8-19)30-27(20-6-4-5-18(15-20)9-14-25(33)35-3)26-23-13-10-21(29)16-24(23)31-28(26)34/h4-16,30H,17H2,1-3H3,(H,31,34)/b14-9?,27-26-. The molecule has 0 saturated carbocycles. The summed E-state index contributed by atoms with van der Waals surface area (Å²) in [5.74, 6) is -1.21. The zero-order chi connectivity index (χ0) is 24.9. The summed E-state index contributed by atoms with van der Waals surface area (Å²) in [5.41, 5.74) is 5.46. The third kappa shape index (κ3) is 5.65. The van der Waals surface area contributed by atoms with Crippen molar-refractivity contribution in [3.05, 3.63) is 101 Å². The molecule has 0 bridgehead atoms. The number of ether oxygens (including phenoxy) is 1. The highest BCUT2D eigenvalue weighted by molar-refractivity contribution is 6.37. The third-order valence-corrected chi connectivity index (χ3v) is 5.49. The first-order valence-electron chi connectivity index (χ1n) is 11.1. The molecule has 1 aliphatic rings. The fraction of sp³-hybridized carbons (Fsp3) is 0.143. The van der Waals surface area contributed by atoms with Gasteiger partial charge in [-0.15, -0.1) is 0 Å². The van der Waals surface area contributed by atoms with E-state index in [9.17, 15) is 14.0 Å². The Morgan fingerprint density at radius 3 is 2.57 bits per heavy atom. The van der Waals surface area contributed by atoms with Crippen LogP contribution in [0.5, 0.6) is 0 Å². The number of hydrogen-bond donors (Lipinski definition) is 2. The fourth-order valence-corrected chi connectivity index (χ4v) is 3.91. The van der Waals surface area contributed by atoms with Crippen LogP contribution in [0.15, 0.2) is 72.8 Å². The number of methoxy groups -OCH3 is 1. The van der Waals surface area contributed by atoms with Gasteiger partial charge in [-0.3, -0.25) is 4.79 Å². The molecule has 7 heteroatoms. The van der Waals surface area contributed by atoms with Gasteiger partial charge in [0, 0.05) is 23.9 Å². The number of carbonyl (C=O) groups is 2. The molecule has 6 nitrogen and oxygen atoms in total. The van der Waals surface area contributed by atoms with Crippen LogP contribution >= 0.6 is 0 Å². The molecule has 35 heavy (non-hydrogen) atoms. The minimum absolute atomic E-state index is 0.326. The highest BCUT2D eigenvalue weighted by atomic mass is 19.1. The summed E-state index contributed by atoms with van der Waals surface area (Å²) in [5, 5.41) is 6.16. The summed E-state index contributed by atoms with van der Waals surface area (Å²) < 4.78 is 18.5. The summed E-state index contributed by atoms with van der Waals surface area (Å²) in [6, 6.07) is 19.6. The molecule has 0 atom stereocenters. The number of rotatable bonds is 7. The number of carbonyl (C=O) groups excluding carboxylic acids is 2. The molecule has 178 valence electrons. The largest absolute Gasteiger partial charge is 0.466 e. The van der Waals surface area contributed by atoms with E-state index in [0.717, 1.165) is 28.9 Å². The van der Waals surface area contributed by atoms with Crippen LogP contribution < -0.4 is 10.6 Å². The fourth-order valence-electron chi connectivity index (χ4n) is 3.91. The van der Waals surface area contributed by atoms with Gasteiger partial charge in [-0.25, -0.2) is 9.18 Å². The molecule has 0 spiro atoms. The molecule has 0 aromatic heterocycles. The van der Waals surface area contributed by atoms with Crippen molar-refractivity contribution >= 4 is 40.6 Å². The Bertz CT molecular complexity index is 1330. The number of nitrogens with one attached hydrogen (secondary N) is 2. The van der Waals surface area contributed by atoms with E-state index in [1.165, 1.54) is 25.3 Å². The Morgan fingerprint density at radius 2 is 1.86 bits per heavy atom. The molecule has 2 N–H and O–H groups in total. The Morgan fingerprint density at radius 1 is 1.09 bits per heavy atom. The number of fused-ring (bicyclic) bond motifs is 1. The molecule has 3 aromatic rings. The predicted octanol–water partition coefficient (Wildman–Crippen LogP) is 5.01. The van der Waals surface area contributed by atoms with Crippen LogP contribution in [-0.4, -0.2) is 38.0 Å². The molecule has 4 rings (SSSR count). The van der Waals surface area contributed by atoms with Crippen LogP contribution in [0.1, 0.15) is 22.3 Å². The second-order valence-electron chi connectivity index (χ2n) is 8.44. The quantitative estimate of drug-likeness (QED) is 0.375. The SMILES string of the molecule is COC(=O)C=Cc1cccc(/C(Nc2ccc(CN(C)C)cc2)=C2/C(=O)Nc3cc(F)ccc32)c1. The first-order valence-corrected chi connectivity index (χ1v) is 11.1. The lowest BCUT2D eigenvalue weighted by atomic mass is 9.98.